The molecule has 1 aliphatic carbocycles. The third kappa shape index (κ3) is 5.58. The van der Waals surface area contributed by atoms with Crippen molar-refractivity contribution in [3.8, 4) is 11.5 Å². The zero-order chi connectivity index (χ0) is 23.0. The van der Waals surface area contributed by atoms with Gasteiger partial charge in [0.2, 0.25) is 5.91 Å². The van der Waals surface area contributed by atoms with Crippen molar-refractivity contribution in [2.75, 3.05) is 6.61 Å². The molecule has 3 aromatic carbocycles. The largest absolute Gasteiger partial charge is 0.494 e. The molecule has 1 saturated carbocycles. The van der Waals surface area contributed by atoms with Crippen molar-refractivity contribution in [3.63, 3.8) is 0 Å². The first-order valence-electron chi connectivity index (χ1n) is 11.5. The van der Waals surface area contributed by atoms with Gasteiger partial charge in [-0.3, -0.25) is 4.79 Å². The van der Waals surface area contributed by atoms with E-state index >= 15 is 0 Å². The number of hydrogen-bond donors (Lipinski definition) is 1. The molecular formula is C27H28N2O4. The van der Waals surface area contributed by atoms with E-state index in [1.807, 2.05) is 37.3 Å². The van der Waals surface area contributed by atoms with Gasteiger partial charge in [-0.2, -0.15) is 5.10 Å². The number of carbonyl (C=O) groups excluding carboxylic acids is 2. The summed E-state index contributed by atoms with van der Waals surface area (Å²) in [4.78, 5) is 25.2. The lowest BCUT2D eigenvalue weighted by atomic mass is 9.89. The fraction of sp³-hybridized carbons (Fsp3) is 0.296. The van der Waals surface area contributed by atoms with Crippen LogP contribution in [0.3, 0.4) is 0 Å². The molecule has 4 rings (SSSR count). The van der Waals surface area contributed by atoms with Crippen LogP contribution in [-0.2, 0) is 4.79 Å². The molecule has 0 spiro atoms. The van der Waals surface area contributed by atoms with Crippen molar-refractivity contribution >= 4 is 28.9 Å². The number of hydrazone groups is 1. The first-order chi connectivity index (χ1) is 16.2. The highest BCUT2D eigenvalue weighted by Gasteiger charge is 2.20. The molecule has 1 N–H and O–H groups in total. The van der Waals surface area contributed by atoms with Crippen molar-refractivity contribution in [2.45, 2.75) is 39.0 Å². The maximum atomic E-state index is 12.8. The Balaban J connectivity index is 1.55. The Morgan fingerprint density at radius 3 is 2.52 bits per heavy atom. The second-order valence-corrected chi connectivity index (χ2v) is 8.11. The number of amides is 1. The SMILES string of the molecule is CCOc1ccc(C(=O)Oc2ccc3ccccc3c2/C=N\NC(=O)C2CCCCC2)cc1. The van der Waals surface area contributed by atoms with Crippen LogP contribution in [0.5, 0.6) is 11.5 Å². The van der Waals surface area contributed by atoms with Crippen molar-refractivity contribution in [1.29, 1.82) is 0 Å². The second-order valence-electron chi connectivity index (χ2n) is 8.11. The second kappa shape index (κ2) is 10.8. The van der Waals surface area contributed by atoms with Crippen molar-refractivity contribution in [2.24, 2.45) is 11.0 Å². The number of rotatable bonds is 7. The minimum Gasteiger partial charge on any atom is -0.494 e. The maximum absolute atomic E-state index is 12.8. The van der Waals surface area contributed by atoms with Gasteiger partial charge in [-0.25, -0.2) is 10.2 Å². The normalized spacial score (nSPS) is 14.3. The van der Waals surface area contributed by atoms with Crippen molar-refractivity contribution in [3.05, 3.63) is 71.8 Å². The minimum atomic E-state index is -0.478. The van der Waals surface area contributed by atoms with E-state index in [2.05, 4.69) is 10.5 Å². The lowest BCUT2D eigenvalue weighted by molar-refractivity contribution is -0.125. The van der Waals surface area contributed by atoms with Crippen LogP contribution in [0.4, 0.5) is 0 Å². The van der Waals surface area contributed by atoms with E-state index in [4.69, 9.17) is 9.47 Å². The highest BCUT2D eigenvalue weighted by atomic mass is 16.5. The van der Waals surface area contributed by atoms with E-state index in [0.29, 0.717) is 29.2 Å². The van der Waals surface area contributed by atoms with Gasteiger partial charge in [0.05, 0.1) is 18.4 Å². The molecule has 1 fully saturated rings. The molecule has 6 nitrogen and oxygen atoms in total. The van der Waals surface area contributed by atoms with Crippen LogP contribution in [0, 0.1) is 5.92 Å². The van der Waals surface area contributed by atoms with E-state index in [0.717, 1.165) is 36.5 Å². The number of ether oxygens (including phenoxy) is 2. The average molecular weight is 445 g/mol. The van der Waals surface area contributed by atoms with Gasteiger partial charge in [-0.1, -0.05) is 49.6 Å². The Morgan fingerprint density at radius 1 is 1.00 bits per heavy atom. The lowest BCUT2D eigenvalue weighted by Gasteiger charge is -2.19. The van der Waals surface area contributed by atoms with E-state index in [9.17, 15) is 9.59 Å². The molecule has 1 amide bonds. The molecule has 0 radical (unpaired) electrons. The molecule has 170 valence electrons. The van der Waals surface area contributed by atoms with Crippen LogP contribution in [0.1, 0.15) is 54.9 Å². The molecule has 3 aromatic rings. The highest BCUT2D eigenvalue weighted by Crippen LogP contribution is 2.28. The van der Waals surface area contributed by atoms with Gasteiger partial charge in [0.25, 0.3) is 0 Å². The Kier molecular flexibility index (Phi) is 7.35. The Labute approximate surface area is 193 Å². The van der Waals surface area contributed by atoms with Gasteiger partial charge in [0.1, 0.15) is 11.5 Å². The smallest absolute Gasteiger partial charge is 0.343 e. The Morgan fingerprint density at radius 2 is 1.76 bits per heavy atom. The number of carbonyl (C=O) groups is 2. The molecule has 0 unspecified atom stereocenters. The third-order valence-corrected chi connectivity index (χ3v) is 5.88. The zero-order valence-corrected chi connectivity index (χ0v) is 18.8. The number of fused-ring (bicyclic) bond motifs is 1. The van der Waals surface area contributed by atoms with Gasteiger partial charge in [-0.05, 0) is 60.9 Å². The van der Waals surface area contributed by atoms with Gasteiger partial charge in [0, 0.05) is 11.5 Å². The number of nitrogens with one attached hydrogen (secondary N) is 1. The van der Waals surface area contributed by atoms with Crippen LogP contribution in [0.15, 0.2) is 65.8 Å². The fourth-order valence-corrected chi connectivity index (χ4v) is 4.13. The van der Waals surface area contributed by atoms with Crippen molar-refractivity contribution < 1.29 is 19.1 Å². The number of nitrogens with zero attached hydrogens (tertiary/aromatic N) is 1. The van der Waals surface area contributed by atoms with Crippen LogP contribution >= 0.6 is 0 Å². The summed E-state index contributed by atoms with van der Waals surface area (Å²) in [5.41, 5.74) is 3.72. The Bertz CT molecular complexity index is 1150. The van der Waals surface area contributed by atoms with Crippen molar-refractivity contribution in [1.82, 2.24) is 5.43 Å². The van der Waals surface area contributed by atoms with E-state index in [1.54, 1.807) is 36.5 Å². The van der Waals surface area contributed by atoms with E-state index in [-0.39, 0.29) is 11.8 Å². The van der Waals surface area contributed by atoms with Crippen LogP contribution in [-0.4, -0.2) is 24.7 Å². The summed E-state index contributed by atoms with van der Waals surface area (Å²) < 4.78 is 11.2. The standard InChI is InChI=1S/C27H28N2O4/c1-2-32-22-15-12-21(13-16-22)27(31)33-25-17-14-19-8-6-7-11-23(19)24(25)18-28-29-26(30)20-9-4-3-5-10-20/h6-8,11-18,20H,2-5,9-10H2,1H3,(H,29,30)/b28-18-. The highest BCUT2D eigenvalue weighted by molar-refractivity contribution is 6.04. The third-order valence-electron chi connectivity index (χ3n) is 5.88. The summed E-state index contributed by atoms with van der Waals surface area (Å²) in [5.74, 6) is 0.554. The van der Waals surface area contributed by atoms with Gasteiger partial charge in [0.15, 0.2) is 0 Å². The van der Waals surface area contributed by atoms with Gasteiger partial charge < -0.3 is 9.47 Å². The zero-order valence-electron chi connectivity index (χ0n) is 18.8. The molecule has 33 heavy (non-hydrogen) atoms. The topological polar surface area (TPSA) is 77.0 Å². The monoisotopic (exact) mass is 444 g/mol. The summed E-state index contributed by atoms with van der Waals surface area (Å²) in [6, 6.07) is 18.2. The molecule has 1 aliphatic rings. The lowest BCUT2D eigenvalue weighted by Crippen LogP contribution is -2.28. The van der Waals surface area contributed by atoms with Gasteiger partial charge >= 0.3 is 5.97 Å². The molecule has 0 saturated heterocycles. The minimum absolute atomic E-state index is 0.0142. The van der Waals surface area contributed by atoms with Crippen LogP contribution in [0.25, 0.3) is 10.8 Å². The predicted octanol–water partition coefficient (Wildman–Crippen LogP) is 5.49. The van der Waals surface area contributed by atoms with E-state index in [1.165, 1.54) is 6.42 Å². The molecular weight excluding hydrogens is 416 g/mol. The van der Waals surface area contributed by atoms with Crippen LogP contribution in [0.2, 0.25) is 0 Å². The summed E-state index contributed by atoms with van der Waals surface area (Å²) in [6.45, 7) is 2.46. The molecule has 6 heteroatoms. The van der Waals surface area contributed by atoms with E-state index < -0.39 is 5.97 Å². The van der Waals surface area contributed by atoms with Gasteiger partial charge in [-0.15, -0.1) is 0 Å². The predicted molar refractivity (Wildman–Crippen MR) is 129 cm³/mol. The first kappa shape index (κ1) is 22.5. The summed E-state index contributed by atoms with van der Waals surface area (Å²) >= 11 is 0. The molecule has 0 aliphatic heterocycles. The molecule has 0 atom stereocenters. The molecule has 0 aromatic heterocycles. The quantitative estimate of drug-likeness (QED) is 0.226. The summed E-state index contributed by atoms with van der Waals surface area (Å²) in [5, 5.41) is 6.07. The molecule has 0 bridgehead atoms. The molecule has 0 heterocycles. The van der Waals surface area contributed by atoms with Crippen LogP contribution < -0.4 is 14.9 Å². The number of hydrogen-bond acceptors (Lipinski definition) is 5. The summed E-state index contributed by atoms with van der Waals surface area (Å²) in [6.07, 6.45) is 6.71. The maximum Gasteiger partial charge on any atom is 0.343 e. The number of esters is 1. The first-order valence-corrected chi connectivity index (χ1v) is 11.5. The summed E-state index contributed by atoms with van der Waals surface area (Å²) in [7, 11) is 0. The average Bonchev–Trinajstić information content (AvgIpc) is 2.86. The fourth-order valence-electron chi connectivity index (χ4n) is 4.13. The Hall–Kier alpha value is -3.67. The number of benzene rings is 3.